The second-order valence-electron chi connectivity index (χ2n) is 4.16. The van der Waals surface area contributed by atoms with E-state index < -0.39 is 23.8 Å². The summed E-state index contributed by atoms with van der Waals surface area (Å²) in [6.45, 7) is 4.62. The maximum Gasteiger partial charge on any atom is 0.414 e. The van der Waals surface area contributed by atoms with Gasteiger partial charge in [-0.25, -0.2) is 0 Å². The van der Waals surface area contributed by atoms with Crippen LogP contribution in [-0.4, -0.2) is 44.0 Å². The van der Waals surface area contributed by atoms with Crippen LogP contribution in [0.3, 0.4) is 0 Å². The van der Waals surface area contributed by atoms with Crippen LogP contribution in [0.25, 0.3) is 0 Å². The molecule has 0 aliphatic heterocycles. The van der Waals surface area contributed by atoms with Crippen molar-refractivity contribution in [2.75, 3.05) is 20.3 Å². The van der Waals surface area contributed by atoms with E-state index in [4.69, 9.17) is 0 Å². The lowest BCUT2D eigenvalue weighted by Gasteiger charge is -2.28. The van der Waals surface area contributed by atoms with E-state index in [-0.39, 0.29) is 13.0 Å². The zero-order valence-electron chi connectivity index (χ0n) is 11.1. The van der Waals surface area contributed by atoms with E-state index >= 15 is 0 Å². The van der Waals surface area contributed by atoms with Gasteiger partial charge in [0.2, 0.25) is 0 Å². The lowest BCUT2D eigenvalue weighted by molar-refractivity contribution is -0.215. The molecule has 0 amide bonds. The molecule has 0 bridgehead atoms. The number of carbonyl (C=O) groups is 1. The minimum Gasteiger partial charge on any atom is -0.468 e. The van der Waals surface area contributed by atoms with E-state index in [9.17, 15) is 18.0 Å². The van der Waals surface area contributed by atoms with Gasteiger partial charge in [-0.15, -0.1) is 0 Å². The Morgan fingerprint density at radius 2 is 1.94 bits per heavy atom. The summed E-state index contributed by atoms with van der Waals surface area (Å²) >= 11 is 0. The minimum absolute atomic E-state index is 0.105. The number of rotatable bonds is 7. The molecular formula is C11H20F3NO3. The second-order valence-corrected chi connectivity index (χ2v) is 4.16. The van der Waals surface area contributed by atoms with Crippen molar-refractivity contribution < 1.29 is 27.4 Å². The molecule has 2 unspecified atom stereocenters. The predicted molar refractivity (Wildman–Crippen MR) is 60.2 cm³/mol. The van der Waals surface area contributed by atoms with Crippen molar-refractivity contribution in [2.45, 2.75) is 45.0 Å². The van der Waals surface area contributed by atoms with E-state index in [1.165, 1.54) is 7.11 Å². The third kappa shape index (κ3) is 5.22. The molecule has 0 radical (unpaired) electrons. The Morgan fingerprint density at radius 1 is 1.39 bits per heavy atom. The molecule has 0 aliphatic carbocycles. The van der Waals surface area contributed by atoms with Crippen LogP contribution in [0.5, 0.6) is 0 Å². The normalized spacial score (nSPS) is 17.1. The van der Waals surface area contributed by atoms with Gasteiger partial charge in [0.1, 0.15) is 5.54 Å². The molecule has 0 rings (SSSR count). The van der Waals surface area contributed by atoms with Crippen molar-refractivity contribution in [2.24, 2.45) is 0 Å². The van der Waals surface area contributed by atoms with Crippen LogP contribution in [0.4, 0.5) is 13.2 Å². The van der Waals surface area contributed by atoms with Gasteiger partial charge in [-0.05, 0) is 26.8 Å². The van der Waals surface area contributed by atoms with Crippen molar-refractivity contribution in [3.8, 4) is 0 Å². The third-order valence-corrected chi connectivity index (χ3v) is 2.63. The van der Waals surface area contributed by atoms with Gasteiger partial charge in [-0.2, -0.15) is 13.2 Å². The second kappa shape index (κ2) is 6.94. The van der Waals surface area contributed by atoms with Crippen molar-refractivity contribution in [1.29, 1.82) is 0 Å². The Labute approximate surface area is 105 Å². The van der Waals surface area contributed by atoms with Gasteiger partial charge >= 0.3 is 12.1 Å². The standard InChI is InChI=1S/C11H20F3NO3/c1-5-15-10(3,9(16)17-4)6-7-18-8(2)11(12,13)14/h8,15H,5-7H2,1-4H3. The van der Waals surface area contributed by atoms with E-state index in [1.807, 2.05) is 0 Å². The van der Waals surface area contributed by atoms with E-state index in [1.54, 1.807) is 13.8 Å². The number of alkyl halides is 3. The largest absolute Gasteiger partial charge is 0.468 e. The predicted octanol–water partition coefficient (Wildman–Crippen LogP) is 1.89. The highest BCUT2D eigenvalue weighted by Crippen LogP contribution is 2.23. The first-order valence-electron chi connectivity index (χ1n) is 5.69. The molecule has 0 fully saturated rings. The molecule has 4 nitrogen and oxygen atoms in total. The maximum absolute atomic E-state index is 12.2. The Kier molecular flexibility index (Phi) is 6.62. The van der Waals surface area contributed by atoms with Crippen LogP contribution in [0, 0.1) is 0 Å². The number of nitrogens with one attached hydrogen (secondary N) is 1. The van der Waals surface area contributed by atoms with Crippen molar-refractivity contribution in [3.05, 3.63) is 0 Å². The zero-order valence-corrected chi connectivity index (χ0v) is 11.1. The molecule has 0 aromatic heterocycles. The number of methoxy groups -OCH3 is 1. The molecule has 18 heavy (non-hydrogen) atoms. The Bertz CT molecular complexity index is 271. The van der Waals surface area contributed by atoms with E-state index in [2.05, 4.69) is 14.8 Å². The highest BCUT2D eigenvalue weighted by molar-refractivity contribution is 5.80. The summed E-state index contributed by atoms with van der Waals surface area (Å²) in [4.78, 5) is 11.5. The van der Waals surface area contributed by atoms with Gasteiger partial charge < -0.3 is 14.8 Å². The summed E-state index contributed by atoms with van der Waals surface area (Å²) in [6.07, 6.45) is -6.13. The first kappa shape index (κ1) is 17.2. The van der Waals surface area contributed by atoms with Crippen molar-refractivity contribution >= 4 is 5.97 Å². The van der Waals surface area contributed by atoms with Crippen LogP contribution >= 0.6 is 0 Å². The van der Waals surface area contributed by atoms with Crippen LogP contribution in [-0.2, 0) is 14.3 Å². The summed E-state index contributed by atoms with van der Waals surface area (Å²) in [5.41, 5.74) is -1.03. The molecular weight excluding hydrogens is 251 g/mol. The van der Waals surface area contributed by atoms with Gasteiger partial charge in [0, 0.05) is 6.61 Å². The highest BCUT2D eigenvalue weighted by Gasteiger charge is 2.38. The fourth-order valence-corrected chi connectivity index (χ4v) is 1.41. The molecule has 0 aromatic rings. The summed E-state index contributed by atoms with van der Waals surface area (Å²) < 4.78 is 45.9. The van der Waals surface area contributed by atoms with E-state index in [0.29, 0.717) is 6.54 Å². The van der Waals surface area contributed by atoms with Crippen molar-refractivity contribution in [1.82, 2.24) is 5.32 Å². The molecule has 2 atom stereocenters. The average Bonchev–Trinajstić information content (AvgIpc) is 2.26. The molecule has 0 aromatic carbocycles. The Hall–Kier alpha value is -0.820. The first-order valence-corrected chi connectivity index (χ1v) is 5.69. The average molecular weight is 271 g/mol. The van der Waals surface area contributed by atoms with Crippen LogP contribution in [0.1, 0.15) is 27.2 Å². The summed E-state index contributed by atoms with van der Waals surface area (Å²) in [5.74, 6) is -0.521. The lowest BCUT2D eigenvalue weighted by Crippen LogP contribution is -2.51. The molecule has 1 N–H and O–H groups in total. The molecule has 0 saturated carbocycles. The van der Waals surface area contributed by atoms with Crippen LogP contribution in [0.2, 0.25) is 0 Å². The highest BCUT2D eigenvalue weighted by atomic mass is 19.4. The third-order valence-electron chi connectivity index (χ3n) is 2.63. The van der Waals surface area contributed by atoms with E-state index in [0.717, 1.165) is 6.92 Å². The van der Waals surface area contributed by atoms with Gasteiger partial charge in [-0.1, -0.05) is 6.92 Å². The van der Waals surface area contributed by atoms with Gasteiger partial charge in [0.25, 0.3) is 0 Å². The number of hydrogen-bond acceptors (Lipinski definition) is 4. The smallest absolute Gasteiger partial charge is 0.414 e. The Morgan fingerprint density at radius 3 is 2.33 bits per heavy atom. The molecule has 0 heterocycles. The van der Waals surface area contributed by atoms with Crippen molar-refractivity contribution in [3.63, 3.8) is 0 Å². The summed E-state index contributed by atoms with van der Waals surface area (Å²) in [7, 11) is 1.23. The number of esters is 1. The van der Waals surface area contributed by atoms with Gasteiger partial charge in [0.15, 0.2) is 6.10 Å². The minimum atomic E-state index is -4.39. The molecule has 108 valence electrons. The zero-order chi connectivity index (χ0) is 14.4. The van der Waals surface area contributed by atoms with Gasteiger partial charge in [0.05, 0.1) is 7.11 Å². The van der Waals surface area contributed by atoms with Gasteiger partial charge in [-0.3, -0.25) is 4.79 Å². The topological polar surface area (TPSA) is 47.6 Å². The number of likely N-dealkylation sites (N-methyl/N-ethyl adjacent to an activating group) is 1. The summed E-state index contributed by atoms with van der Waals surface area (Å²) in [6, 6.07) is 0. The number of carbonyl (C=O) groups excluding carboxylic acids is 1. The Balaban J connectivity index is 4.33. The van der Waals surface area contributed by atoms with Crippen LogP contribution in [0.15, 0.2) is 0 Å². The molecule has 7 heteroatoms. The fourth-order valence-electron chi connectivity index (χ4n) is 1.41. The number of halogens is 3. The monoisotopic (exact) mass is 271 g/mol. The molecule has 0 aliphatic rings. The SMILES string of the molecule is CCNC(C)(CCOC(C)C(F)(F)F)C(=O)OC. The number of ether oxygens (including phenoxy) is 2. The molecule has 0 spiro atoms. The molecule has 0 saturated heterocycles. The lowest BCUT2D eigenvalue weighted by atomic mass is 9.98. The fraction of sp³-hybridized carbons (Fsp3) is 0.909. The number of hydrogen-bond donors (Lipinski definition) is 1. The maximum atomic E-state index is 12.2. The first-order chi connectivity index (χ1) is 8.17. The quantitative estimate of drug-likeness (QED) is 0.718. The van der Waals surface area contributed by atoms with Crippen LogP contribution < -0.4 is 5.32 Å². The summed E-state index contributed by atoms with van der Waals surface area (Å²) in [5, 5.41) is 2.89.